The molecule has 1 aliphatic heterocycles. The zero-order chi connectivity index (χ0) is 12.7. The molecule has 0 saturated carbocycles. The summed E-state index contributed by atoms with van der Waals surface area (Å²) in [6.07, 6.45) is 3.08. The van der Waals surface area contributed by atoms with Crippen LogP contribution in [0.25, 0.3) is 0 Å². The fourth-order valence-corrected chi connectivity index (χ4v) is 2.06. The lowest BCUT2D eigenvalue weighted by Gasteiger charge is -2.28. The molecular weight excluding hydrogens is 220 g/mol. The SMILES string of the molecule is CCOC(=O)CNC(=O)C1CC(CC)CCN1. The third-order valence-electron chi connectivity index (χ3n) is 3.12. The average molecular weight is 242 g/mol. The van der Waals surface area contributed by atoms with Gasteiger partial charge in [0.05, 0.1) is 12.6 Å². The van der Waals surface area contributed by atoms with Crippen molar-refractivity contribution < 1.29 is 14.3 Å². The normalized spacial score (nSPS) is 24.1. The summed E-state index contributed by atoms with van der Waals surface area (Å²) in [6.45, 7) is 5.06. The minimum absolute atomic E-state index is 0.0400. The predicted molar refractivity (Wildman–Crippen MR) is 64.4 cm³/mol. The number of nitrogens with one attached hydrogen (secondary N) is 2. The van der Waals surface area contributed by atoms with E-state index in [0.717, 1.165) is 25.8 Å². The highest BCUT2D eigenvalue weighted by Gasteiger charge is 2.25. The van der Waals surface area contributed by atoms with Crippen molar-refractivity contribution >= 4 is 11.9 Å². The first-order chi connectivity index (χ1) is 8.17. The Morgan fingerprint density at radius 2 is 2.18 bits per heavy atom. The number of hydrogen-bond acceptors (Lipinski definition) is 4. The number of ether oxygens (including phenoxy) is 1. The van der Waals surface area contributed by atoms with E-state index in [2.05, 4.69) is 17.6 Å². The zero-order valence-electron chi connectivity index (χ0n) is 10.6. The second-order valence-corrected chi connectivity index (χ2v) is 4.33. The lowest BCUT2D eigenvalue weighted by atomic mass is 9.90. The maximum Gasteiger partial charge on any atom is 0.325 e. The Morgan fingerprint density at radius 1 is 1.41 bits per heavy atom. The zero-order valence-corrected chi connectivity index (χ0v) is 10.6. The second-order valence-electron chi connectivity index (χ2n) is 4.33. The van der Waals surface area contributed by atoms with Crippen molar-refractivity contribution in [2.45, 2.75) is 39.2 Å². The van der Waals surface area contributed by atoms with E-state index in [-0.39, 0.29) is 24.5 Å². The van der Waals surface area contributed by atoms with E-state index in [1.54, 1.807) is 6.92 Å². The quantitative estimate of drug-likeness (QED) is 0.687. The van der Waals surface area contributed by atoms with E-state index in [1.807, 2.05) is 0 Å². The number of rotatable bonds is 5. The summed E-state index contributed by atoms with van der Waals surface area (Å²) in [6, 6.07) is -0.164. The Morgan fingerprint density at radius 3 is 2.82 bits per heavy atom. The van der Waals surface area contributed by atoms with Crippen LogP contribution in [0, 0.1) is 5.92 Å². The second kappa shape index (κ2) is 7.27. The largest absolute Gasteiger partial charge is 0.465 e. The van der Waals surface area contributed by atoms with Crippen LogP contribution in [-0.4, -0.2) is 37.6 Å². The van der Waals surface area contributed by atoms with Crippen molar-refractivity contribution in [2.24, 2.45) is 5.92 Å². The molecule has 0 aromatic carbocycles. The van der Waals surface area contributed by atoms with E-state index in [4.69, 9.17) is 4.74 Å². The van der Waals surface area contributed by atoms with Crippen LogP contribution in [0.3, 0.4) is 0 Å². The minimum atomic E-state index is -0.385. The highest BCUT2D eigenvalue weighted by Crippen LogP contribution is 2.19. The summed E-state index contributed by atoms with van der Waals surface area (Å²) in [4.78, 5) is 22.9. The van der Waals surface area contributed by atoms with Crippen LogP contribution in [-0.2, 0) is 14.3 Å². The van der Waals surface area contributed by atoms with Crippen LogP contribution < -0.4 is 10.6 Å². The molecule has 2 atom stereocenters. The van der Waals surface area contributed by atoms with Crippen LogP contribution in [0.5, 0.6) is 0 Å². The fourth-order valence-electron chi connectivity index (χ4n) is 2.06. The number of carbonyl (C=O) groups excluding carboxylic acids is 2. The average Bonchev–Trinajstić information content (AvgIpc) is 2.36. The Labute approximate surface area is 102 Å². The Kier molecular flexibility index (Phi) is 5.97. The molecule has 2 unspecified atom stereocenters. The van der Waals surface area contributed by atoms with E-state index < -0.39 is 0 Å². The minimum Gasteiger partial charge on any atom is -0.465 e. The third-order valence-corrected chi connectivity index (χ3v) is 3.12. The van der Waals surface area contributed by atoms with Gasteiger partial charge in [-0.3, -0.25) is 9.59 Å². The van der Waals surface area contributed by atoms with Gasteiger partial charge < -0.3 is 15.4 Å². The van der Waals surface area contributed by atoms with Crippen LogP contribution in [0.1, 0.15) is 33.1 Å². The maximum absolute atomic E-state index is 11.8. The molecule has 0 aromatic heterocycles. The Bertz CT molecular complexity index is 268. The van der Waals surface area contributed by atoms with Gasteiger partial charge in [-0.2, -0.15) is 0 Å². The molecule has 5 nitrogen and oxygen atoms in total. The lowest BCUT2D eigenvalue weighted by molar-refractivity contribution is -0.143. The summed E-state index contributed by atoms with van der Waals surface area (Å²) in [5.41, 5.74) is 0. The van der Waals surface area contributed by atoms with Gasteiger partial charge in [-0.25, -0.2) is 0 Å². The molecule has 0 bridgehead atoms. The van der Waals surface area contributed by atoms with Crippen molar-refractivity contribution in [3.05, 3.63) is 0 Å². The van der Waals surface area contributed by atoms with Gasteiger partial charge in [0.2, 0.25) is 5.91 Å². The van der Waals surface area contributed by atoms with Crippen molar-refractivity contribution in [3.63, 3.8) is 0 Å². The summed E-state index contributed by atoms with van der Waals surface area (Å²) in [5, 5.41) is 5.78. The van der Waals surface area contributed by atoms with Gasteiger partial charge in [0.1, 0.15) is 6.54 Å². The lowest BCUT2D eigenvalue weighted by Crippen LogP contribution is -2.49. The van der Waals surface area contributed by atoms with Gasteiger partial charge in [0.25, 0.3) is 0 Å². The molecule has 1 rings (SSSR count). The highest BCUT2D eigenvalue weighted by molar-refractivity contribution is 5.85. The first-order valence-corrected chi connectivity index (χ1v) is 6.34. The molecule has 17 heavy (non-hydrogen) atoms. The van der Waals surface area contributed by atoms with E-state index in [1.165, 1.54) is 0 Å². The van der Waals surface area contributed by atoms with Crippen molar-refractivity contribution in [1.29, 1.82) is 0 Å². The molecule has 5 heteroatoms. The number of hydrogen-bond donors (Lipinski definition) is 2. The van der Waals surface area contributed by atoms with Crippen molar-refractivity contribution in [3.8, 4) is 0 Å². The van der Waals surface area contributed by atoms with Crippen LogP contribution in [0.15, 0.2) is 0 Å². The van der Waals surface area contributed by atoms with Crippen molar-refractivity contribution in [2.75, 3.05) is 19.7 Å². The Balaban J connectivity index is 2.29. The van der Waals surface area contributed by atoms with Gasteiger partial charge in [0, 0.05) is 0 Å². The van der Waals surface area contributed by atoms with Crippen LogP contribution in [0.2, 0.25) is 0 Å². The van der Waals surface area contributed by atoms with Gasteiger partial charge in [-0.05, 0) is 32.2 Å². The smallest absolute Gasteiger partial charge is 0.325 e. The molecule has 0 aromatic rings. The molecule has 1 amide bonds. The maximum atomic E-state index is 11.8. The molecule has 1 aliphatic rings. The number of carbonyl (C=O) groups is 2. The summed E-state index contributed by atoms with van der Waals surface area (Å²) in [5.74, 6) is 0.120. The molecule has 98 valence electrons. The van der Waals surface area contributed by atoms with Gasteiger partial charge in [-0.15, -0.1) is 0 Å². The number of esters is 1. The molecule has 1 fully saturated rings. The molecule has 0 radical (unpaired) electrons. The third kappa shape index (κ3) is 4.73. The fraction of sp³-hybridized carbons (Fsp3) is 0.833. The standard InChI is InChI=1S/C12H22N2O3/c1-3-9-5-6-13-10(7-9)12(16)14-8-11(15)17-4-2/h9-10,13H,3-8H2,1-2H3,(H,14,16). The van der Waals surface area contributed by atoms with Gasteiger partial charge in [-0.1, -0.05) is 13.3 Å². The highest BCUT2D eigenvalue weighted by atomic mass is 16.5. The number of piperidine rings is 1. The first-order valence-electron chi connectivity index (χ1n) is 6.34. The van der Waals surface area contributed by atoms with Crippen molar-refractivity contribution in [1.82, 2.24) is 10.6 Å². The summed E-state index contributed by atoms with van der Waals surface area (Å²) in [7, 11) is 0. The summed E-state index contributed by atoms with van der Waals surface area (Å²) >= 11 is 0. The molecule has 2 N–H and O–H groups in total. The molecule has 1 heterocycles. The molecule has 0 aliphatic carbocycles. The van der Waals surface area contributed by atoms with E-state index in [9.17, 15) is 9.59 Å². The molecular formula is C12H22N2O3. The van der Waals surface area contributed by atoms with Gasteiger partial charge in [0.15, 0.2) is 0 Å². The van der Waals surface area contributed by atoms with Gasteiger partial charge >= 0.3 is 5.97 Å². The summed E-state index contributed by atoms with van der Waals surface area (Å²) < 4.78 is 4.75. The molecule has 1 saturated heterocycles. The van der Waals surface area contributed by atoms with E-state index >= 15 is 0 Å². The van der Waals surface area contributed by atoms with Crippen LogP contribution in [0.4, 0.5) is 0 Å². The number of amides is 1. The van der Waals surface area contributed by atoms with Crippen LogP contribution >= 0.6 is 0 Å². The topological polar surface area (TPSA) is 67.4 Å². The van der Waals surface area contributed by atoms with E-state index in [0.29, 0.717) is 12.5 Å². The first kappa shape index (κ1) is 14.0. The predicted octanol–water partition coefficient (Wildman–Crippen LogP) is 0.444. The molecule has 0 spiro atoms. The Hall–Kier alpha value is -1.10. The monoisotopic (exact) mass is 242 g/mol.